The van der Waals surface area contributed by atoms with Crippen molar-refractivity contribution >= 4 is 22.4 Å². The Kier molecular flexibility index (Phi) is 4.73. The number of nitrogens with zero attached hydrogens (tertiary/aromatic N) is 7. The van der Waals surface area contributed by atoms with E-state index in [0.717, 1.165) is 66.3 Å². The van der Waals surface area contributed by atoms with Crippen molar-refractivity contribution in [3.8, 4) is 11.3 Å². The van der Waals surface area contributed by atoms with Gasteiger partial charge in [-0.1, -0.05) is 24.3 Å². The third-order valence-corrected chi connectivity index (χ3v) is 6.05. The summed E-state index contributed by atoms with van der Waals surface area (Å²) in [6.45, 7) is 4.80. The molecule has 4 aromatic heterocycles. The zero-order valence-electron chi connectivity index (χ0n) is 17.7. The summed E-state index contributed by atoms with van der Waals surface area (Å²) in [6.07, 6.45) is 7.50. The summed E-state index contributed by atoms with van der Waals surface area (Å²) >= 11 is 0. The van der Waals surface area contributed by atoms with Crippen LogP contribution in [0.2, 0.25) is 0 Å². The number of hydrogen-bond donors (Lipinski definition) is 0. The molecule has 0 saturated carbocycles. The molecule has 0 spiro atoms. The first kappa shape index (κ1) is 18.9. The zero-order valence-corrected chi connectivity index (χ0v) is 17.7. The summed E-state index contributed by atoms with van der Waals surface area (Å²) in [7, 11) is 0. The highest BCUT2D eigenvalue weighted by Gasteiger charge is 2.21. The molecule has 1 aliphatic heterocycles. The fourth-order valence-electron chi connectivity index (χ4n) is 4.37. The Morgan fingerprint density at radius 2 is 1.75 bits per heavy atom. The molecule has 158 valence electrons. The number of fused-ring (bicyclic) bond motifs is 2. The van der Waals surface area contributed by atoms with Gasteiger partial charge in [0.1, 0.15) is 5.82 Å². The smallest absolute Gasteiger partial charge is 0.157 e. The largest absolute Gasteiger partial charge is 0.354 e. The minimum Gasteiger partial charge on any atom is -0.354 e. The van der Waals surface area contributed by atoms with Crippen LogP contribution in [0.5, 0.6) is 0 Å². The third kappa shape index (κ3) is 3.56. The van der Waals surface area contributed by atoms with Crippen molar-refractivity contribution in [1.82, 2.24) is 29.5 Å². The predicted molar refractivity (Wildman–Crippen MR) is 125 cm³/mol. The highest BCUT2D eigenvalue weighted by Crippen LogP contribution is 2.27. The molecule has 5 aromatic rings. The van der Waals surface area contributed by atoms with E-state index >= 15 is 0 Å². The van der Waals surface area contributed by atoms with E-state index in [2.05, 4.69) is 49.1 Å². The van der Waals surface area contributed by atoms with Crippen molar-refractivity contribution in [2.24, 2.45) is 0 Å². The molecule has 0 atom stereocenters. The Labute approximate surface area is 186 Å². The fourth-order valence-corrected chi connectivity index (χ4v) is 4.37. The summed E-state index contributed by atoms with van der Waals surface area (Å²) in [6, 6.07) is 18.6. The van der Waals surface area contributed by atoms with Crippen LogP contribution in [-0.4, -0.2) is 55.6 Å². The van der Waals surface area contributed by atoms with E-state index in [0.29, 0.717) is 0 Å². The first-order valence-electron chi connectivity index (χ1n) is 10.9. The van der Waals surface area contributed by atoms with Gasteiger partial charge in [-0.25, -0.2) is 4.98 Å². The molecule has 1 aromatic carbocycles. The lowest BCUT2D eigenvalue weighted by Gasteiger charge is -2.36. The number of anilines is 1. The fraction of sp³-hybridized carbons (Fsp3) is 0.200. The second-order valence-electron chi connectivity index (χ2n) is 8.14. The quantitative estimate of drug-likeness (QED) is 0.441. The Bertz CT molecular complexity index is 1370. The molecule has 0 N–H and O–H groups in total. The van der Waals surface area contributed by atoms with E-state index in [-0.39, 0.29) is 0 Å². The topological polar surface area (TPSA) is 62.5 Å². The second kappa shape index (κ2) is 8.01. The maximum Gasteiger partial charge on any atom is 0.157 e. The summed E-state index contributed by atoms with van der Waals surface area (Å²) < 4.78 is 1.94. The van der Waals surface area contributed by atoms with Crippen molar-refractivity contribution in [1.29, 1.82) is 0 Å². The van der Waals surface area contributed by atoms with Crippen LogP contribution in [0, 0.1) is 0 Å². The van der Waals surface area contributed by atoms with E-state index in [1.165, 1.54) is 5.56 Å². The number of aromatic nitrogens is 5. The number of para-hydroxylation sites is 1. The maximum absolute atomic E-state index is 4.85. The first-order valence-corrected chi connectivity index (χ1v) is 10.9. The summed E-state index contributed by atoms with van der Waals surface area (Å²) in [5.74, 6) is 1.07. The van der Waals surface area contributed by atoms with Gasteiger partial charge in [0.2, 0.25) is 0 Å². The molecule has 1 fully saturated rings. The number of hydrogen-bond acceptors (Lipinski definition) is 6. The van der Waals surface area contributed by atoms with Gasteiger partial charge in [-0.2, -0.15) is 9.61 Å². The molecule has 1 saturated heterocycles. The Hall–Kier alpha value is -3.84. The van der Waals surface area contributed by atoms with Crippen LogP contribution in [0.15, 0.2) is 79.4 Å². The maximum atomic E-state index is 4.85. The van der Waals surface area contributed by atoms with Gasteiger partial charge in [-0.15, -0.1) is 0 Å². The second-order valence-corrected chi connectivity index (χ2v) is 8.14. The molecule has 32 heavy (non-hydrogen) atoms. The summed E-state index contributed by atoms with van der Waals surface area (Å²) in [4.78, 5) is 18.6. The van der Waals surface area contributed by atoms with Crippen LogP contribution in [0.3, 0.4) is 0 Å². The van der Waals surface area contributed by atoms with Gasteiger partial charge in [0.15, 0.2) is 5.65 Å². The van der Waals surface area contributed by atoms with Crippen LogP contribution >= 0.6 is 0 Å². The molecule has 0 unspecified atom stereocenters. The van der Waals surface area contributed by atoms with Gasteiger partial charge < -0.3 is 4.90 Å². The van der Waals surface area contributed by atoms with Gasteiger partial charge in [-0.05, 0) is 23.8 Å². The molecule has 7 heteroatoms. The standard InChI is InChI=1S/C25H23N7/c1-2-6-22-20(5-1)14-21(17-27-22)23-15-25(32-24(29-23)7-9-28-32)31-12-10-30(11-13-31)18-19-4-3-8-26-16-19/h1-9,14-17H,10-13,18H2. The molecule has 0 amide bonds. The minimum absolute atomic E-state index is 0.850. The molecule has 5 heterocycles. The van der Waals surface area contributed by atoms with E-state index in [4.69, 9.17) is 4.98 Å². The lowest BCUT2D eigenvalue weighted by molar-refractivity contribution is 0.248. The number of rotatable bonds is 4. The molecular formula is C25H23N7. The zero-order chi connectivity index (χ0) is 21.3. The van der Waals surface area contributed by atoms with Crippen molar-refractivity contribution in [2.45, 2.75) is 6.54 Å². The van der Waals surface area contributed by atoms with Crippen molar-refractivity contribution in [3.63, 3.8) is 0 Å². The van der Waals surface area contributed by atoms with E-state index in [9.17, 15) is 0 Å². The lowest BCUT2D eigenvalue weighted by Crippen LogP contribution is -2.46. The predicted octanol–water partition coefficient (Wildman–Crippen LogP) is 3.66. The van der Waals surface area contributed by atoms with Crippen molar-refractivity contribution in [2.75, 3.05) is 31.1 Å². The highest BCUT2D eigenvalue weighted by molar-refractivity contribution is 5.83. The number of piperazine rings is 1. The number of benzene rings is 1. The van der Waals surface area contributed by atoms with Gasteiger partial charge in [0, 0.05) is 74.4 Å². The monoisotopic (exact) mass is 421 g/mol. The molecule has 7 nitrogen and oxygen atoms in total. The summed E-state index contributed by atoms with van der Waals surface area (Å²) in [5, 5.41) is 5.66. The van der Waals surface area contributed by atoms with E-state index < -0.39 is 0 Å². The molecule has 6 rings (SSSR count). The lowest BCUT2D eigenvalue weighted by atomic mass is 10.1. The van der Waals surface area contributed by atoms with Crippen molar-refractivity contribution < 1.29 is 0 Å². The Morgan fingerprint density at radius 3 is 2.62 bits per heavy atom. The molecule has 0 bridgehead atoms. The highest BCUT2D eigenvalue weighted by atomic mass is 15.4. The third-order valence-electron chi connectivity index (χ3n) is 6.05. The summed E-state index contributed by atoms with van der Waals surface area (Å²) in [5.41, 5.74) is 5.04. The Balaban J connectivity index is 1.29. The molecule has 1 aliphatic rings. The molecule has 0 aliphatic carbocycles. The SMILES string of the molecule is c1cncc(CN2CCN(c3cc(-c4cnc5ccccc5c4)nc4ccnn34)CC2)c1. The van der Waals surface area contributed by atoms with Crippen LogP contribution in [0.25, 0.3) is 27.8 Å². The van der Waals surface area contributed by atoms with Crippen molar-refractivity contribution in [3.05, 3.63) is 84.9 Å². The average molecular weight is 422 g/mol. The van der Waals surface area contributed by atoms with Gasteiger partial charge in [-0.3, -0.25) is 14.9 Å². The van der Waals surface area contributed by atoms with Gasteiger partial charge in [0.25, 0.3) is 0 Å². The van der Waals surface area contributed by atoms with Crippen LogP contribution < -0.4 is 4.90 Å². The Morgan fingerprint density at radius 1 is 0.844 bits per heavy atom. The van der Waals surface area contributed by atoms with Gasteiger partial charge in [0.05, 0.1) is 17.4 Å². The minimum atomic E-state index is 0.850. The van der Waals surface area contributed by atoms with Crippen LogP contribution in [0.1, 0.15) is 5.56 Å². The number of pyridine rings is 2. The average Bonchev–Trinajstić information content (AvgIpc) is 3.33. The molecule has 0 radical (unpaired) electrons. The normalized spacial score (nSPS) is 14.9. The molecular weight excluding hydrogens is 398 g/mol. The van der Waals surface area contributed by atoms with E-state index in [1.807, 2.05) is 59.6 Å². The van der Waals surface area contributed by atoms with E-state index in [1.54, 1.807) is 0 Å². The van der Waals surface area contributed by atoms with Gasteiger partial charge >= 0.3 is 0 Å². The van der Waals surface area contributed by atoms with Crippen LogP contribution in [-0.2, 0) is 6.54 Å². The van der Waals surface area contributed by atoms with Crippen LogP contribution in [0.4, 0.5) is 5.82 Å². The first-order chi connectivity index (χ1) is 15.8.